The summed E-state index contributed by atoms with van der Waals surface area (Å²) >= 11 is 0. The van der Waals surface area contributed by atoms with Crippen LogP contribution < -0.4 is 4.74 Å². The predicted molar refractivity (Wildman–Crippen MR) is 86.6 cm³/mol. The van der Waals surface area contributed by atoms with Gasteiger partial charge in [0.1, 0.15) is 0 Å². The van der Waals surface area contributed by atoms with Gasteiger partial charge in [0, 0.05) is 38.8 Å². The third kappa shape index (κ3) is 3.79. The van der Waals surface area contributed by atoms with E-state index >= 15 is 0 Å². The Morgan fingerprint density at radius 2 is 1.87 bits per heavy atom. The quantitative estimate of drug-likeness (QED) is 0.800. The molecule has 2 fully saturated rings. The zero-order valence-electron chi connectivity index (χ0n) is 13.9. The van der Waals surface area contributed by atoms with Crippen LogP contribution in [0.2, 0.25) is 0 Å². The number of hydrogen-bond acceptors (Lipinski definition) is 6. The fraction of sp³-hybridized carbons (Fsp3) is 0.688. The van der Waals surface area contributed by atoms with Gasteiger partial charge in [-0.15, -0.1) is 0 Å². The van der Waals surface area contributed by atoms with Crippen LogP contribution in [0.25, 0.3) is 0 Å². The van der Waals surface area contributed by atoms with Gasteiger partial charge in [0.25, 0.3) is 5.91 Å². The van der Waals surface area contributed by atoms with Crippen molar-refractivity contribution in [3.63, 3.8) is 0 Å². The van der Waals surface area contributed by atoms with Gasteiger partial charge in [-0.3, -0.25) is 9.69 Å². The summed E-state index contributed by atoms with van der Waals surface area (Å²) in [5.41, 5.74) is 0. The first-order chi connectivity index (χ1) is 11.2. The fourth-order valence-electron chi connectivity index (χ4n) is 3.40. The molecule has 1 aromatic rings. The third-order valence-corrected chi connectivity index (χ3v) is 4.77. The van der Waals surface area contributed by atoms with E-state index in [9.17, 15) is 4.79 Å². The minimum Gasteiger partial charge on any atom is -0.494 e. The predicted octanol–water partition coefficient (Wildman–Crippen LogP) is 0.337. The first-order valence-corrected chi connectivity index (χ1v) is 8.25. The summed E-state index contributed by atoms with van der Waals surface area (Å²) in [7, 11) is 3.75. The number of methoxy groups -OCH3 is 1. The first-order valence-electron chi connectivity index (χ1n) is 8.25. The molecule has 7 nitrogen and oxygen atoms in total. The molecule has 2 saturated heterocycles. The highest BCUT2D eigenvalue weighted by Crippen LogP contribution is 2.17. The molecular weight excluding hydrogens is 294 g/mol. The van der Waals surface area contributed by atoms with E-state index < -0.39 is 0 Å². The molecular formula is C16H25N5O2. The van der Waals surface area contributed by atoms with Crippen molar-refractivity contribution in [2.75, 3.05) is 53.4 Å². The van der Waals surface area contributed by atoms with Gasteiger partial charge in [-0.1, -0.05) is 0 Å². The molecule has 3 rings (SSSR count). The van der Waals surface area contributed by atoms with Crippen LogP contribution in [0.5, 0.6) is 5.75 Å². The molecule has 1 atom stereocenters. The second kappa shape index (κ2) is 7.23. The smallest absolute Gasteiger partial charge is 0.291 e. The van der Waals surface area contributed by atoms with E-state index in [0.717, 1.165) is 32.7 Å². The van der Waals surface area contributed by atoms with E-state index in [1.807, 2.05) is 4.90 Å². The van der Waals surface area contributed by atoms with E-state index in [2.05, 4.69) is 26.8 Å². The first kappa shape index (κ1) is 16.1. The zero-order chi connectivity index (χ0) is 16.2. The Morgan fingerprint density at radius 1 is 1.17 bits per heavy atom. The second-order valence-electron chi connectivity index (χ2n) is 6.33. The van der Waals surface area contributed by atoms with Gasteiger partial charge < -0.3 is 14.5 Å². The number of aromatic nitrogens is 2. The highest BCUT2D eigenvalue weighted by atomic mass is 16.5. The molecule has 0 spiro atoms. The molecule has 0 radical (unpaired) electrons. The van der Waals surface area contributed by atoms with Gasteiger partial charge in [0.2, 0.25) is 5.82 Å². The Kier molecular flexibility index (Phi) is 5.07. The summed E-state index contributed by atoms with van der Waals surface area (Å²) in [6, 6.07) is 0.628. The monoisotopic (exact) mass is 319 g/mol. The largest absolute Gasteiger partial charge is 0.494 e. The molecule has 126 valence electrons. The summed E-state index contributed by atoms with van der Waals surface area (Å²) in [5.74, 6) is 0.720. The fourth-order valence-corrected chi connectivity index (χ4v) is 3.40. The molecule has 1 unspecified atom stereocenters. The standard InChI is InChI=1S/C16H25N5O2/c1-19-5-3-4-13(12-19)20-6-8-21(9-7-20)16(22)15-17-10-14(23-2)11-18-15/h10-11,13H,3-9,12H2,1-2H3. The lowest BCUT2D eigenvalue weighted by molar-refractivity contribution is 0.0443. The summed E-state index contributed by atoms with van der Waals surface area (Å²) in [6.45, 7) is 5.68. The van der Waals surface area contributed by atoms with Crippen molar-refractivity contribution in [1.29, 1.82) is 0 Å². The maximum Gasteiger partial charge on any atom is 0.291 e. The molecule has 23 heavy (non-hydrogen) atoms. The number of carbonyl (C=O) groups excluding carboxylic acids is 1. The van der Waals surface area contributed by atoms with Crippen LogP contribution in [-0.2, 0) is 0 Å². The molecule has 1 aromatic heterocycles. The molecule has 0 aromatic carbocycles. The normalized spacial score (nSPS) is 23.7. The topological polar surface area (TPSA) is 61.8 Å². The Labute approximate surface area is 137 Å². The molecule has 3 heterocycles. The van der Waals surface area contributed by atoms with Crippen molar-refractivity contribution < 1.29 is 9.53 Å². The molecule has 0 aliphatic carbocycles. The minimum absolute atomic E-state index is 0.0898. The zero-order valence-corrected chi connectivity index (χ0v) is 13.9. The Balaban J connectivity index is 1.54. The second-order valence-corrected chi connectivity index (χ2v) is 6.33. The van der Waals surface area contributed by atoms with Crippen molar-refractivity contribution in [3.8, 4) is 5.75 Å². The number of likely N-dealkylation sites (N-methyl/N-ethyl adjacent to an activating group) is 1. The van der Waals surface area contributed by atoms with E-state index in [4.69, 9.17) is 4.74 Å². The summed E-state index contributed by atoms with van der Waals surface area (Å²) in [4.78, 5) is 27.4. The van der Waals surface area contributed by atoms with Crippen LogP contribution in [0.1, 0.15) is 23.5 Å². The molecule has 2 aliphatic heterocycles. The van der Waals surface area contributed by atoms with Crippen molar-refractivity contribution >= 4 is 5.91 Å². The SMILES string of the molecule is COc1cnc(C(=O)N2CCN(C3CCCN(C)C3)CC2)nc1. The molecule has 7 heteroatoms. The van der Waals surface area contributed by atoms with Crippen molar-refractivity contribution in [2.45, 2.75) is 18.9 Å². The molecule has 0 saturated carbocycles. The molecule has 1 amide bonds. The number of amides is 1. The number of likely N-dealkylation sites (tertiary alicyclic amines) is 1. The summed E-state index contributed by atoms with van der Waals surface area (Å²) in [5, 5.41) is 0. The van der Waals surface area contributed by atoms with Crippen LogP contribution in [0.3, 0.4) is 0 Å². The number of piperidine rings is 1. The van der Waals surface area contributed by atoms with Crippen molar-refractivity contribution in [1.82, 2.24) is 24.7 Å². The van der Waals surface area contributed by atoms with Gasteiger partial charge in [0.15, 0.2) is 5.75 Å². The molecule has 0 bridgehead atoms. The molecule has 0 N–H and O–H groups in total. The third-order valence-electron chi connectivity index (χ3n) is 4.77. The van der Waals surface area contributed by atoms with Crippen LogP contribution >= 0.6 is 0 Å². The maximum atomic E-state index is 12.5. The van der Waals surface area contributed by atoms with Crippen LogP contribution in [-0.4, -0.2) is 90.0 Å². The lowest BCUT2D eigenvalue weighted by atomic mass is 10.0. The number of piperazine rings is 1. The van der Waals surface area contributed by atoms with Gasteiger partial charge in [0.05, 0.1) is 19.5 Å². The van der Waals surface area contributed by atoms with Gasteiger partial charge in [-0.25, -0.2) is 9.97 Å². The van der Waals surface area contributed by atoms with Crippen molar-refractivity contribution in [3.05, 3.63) is 18.2 Å². The van der Waals surface area contributed by atoms with Crippen LogP contribution in [0.15, 0.2) is 12.4 Å². The number of ether oxygens (including phenoxy) is 1. The van der Waals surface area contributed by atoms with Crippen LogP contribution in [0, 0.1) is 0 Å². The average molecular weight is 319 g/mol. The average Bonchev–Trinajstić information content (AvgIpc) is 2.61. The van der Waals surface area contributed by atoms with Crippen molar-refractivity contribution in [2.24, 2.45) is 0 Å². The highest BCUT2D eigenvalue weighted by Gasteiger charge is 2.29. The lowest BCUT2D eigenvalue weighted by Crippen LogP contribution is -2.55. The van der Waals surface area contributed by atoms with Gasteiger partial charge in [-0.2, -0.15) is 0 Å². The number of rotatable bonds is 3. The lowest BCUT2D eigenvalue weighted by Gasteiger charge is -2.42. The number of nitrogens with zero attached hydrogens (tertiary/aromatic N) is 5. The van der Waals surface area contributed by atoms with E-state index in [1.165, 1.54) is 31.8 Å². The highest BCUT2D eigenvalue weighted by molar-refractivity contribution is 5.90. The van der Waals surface area contributed by atoms with Gasteiger partial charge in [-0.05, 0) is 26.4 Å². The van der Waals surface area contributed by atoms with E-state index in [1.54, 1.807) is 7.11 Å². The Bertz CT molecular complexity index is 528. The Morgan fingerprint density at radius 3 is 2.48 bits per heavy atom. The summed E-state index contributed by atoms with van der Waals surface area (Å²) < 4.78 is 5.02. The van der Waals surface area contributed by atoms with Gasteiger partial charge >= 0.3 is 0 Å². The van der Waals surface area contributed by atoms with Crippen LogP contribution in [0.4, 0.5) is 0 Å². The molecule has 2 aliphatic rings. The Hall–Kier alpha value is -1.73. The number of carbonyl (C=O) groups is 1. The minimum atomic E-state index is -0.0898. The summed E-state index contributed by atoms with van der Waals surface area (Å²) in [6.07, 6.45) is 5.60. The van der Waals surface area contributed by atoms with E-state index in [-0.39, 0.29) is 11.7 Å². The number of hydrogen-bond donors (Lipinski definition) is 0. The van der Waals surface area contributed by atoms with E-state index in [0.29, 0.717) is 11.8 Å². The maximum absolute atomic E-state index is 12.5.